The molecule has 1 aliphatic rings. The van der Waals surface area contributed by atoms with Gasteiger partial charge in [0.15, 0.2) is 0 Å². The van der Waals surface area contributed by atoms with Crippen LogP contribution in [0.25, 0.3) is 0 Å². The molecular weight excluding hydrogens is 268 g/mol. The molecule has 0 saturated carbocycles. The van der Waals surface area contributed by atoms with Crippen LogP contribution in [0.15, 0.2) is 57.9 Å². The van der Waals surface area contributed by atoms with Crippen LogP contribution in [-0.4, -0.2) is 16.8 Å². The summed E-state index contributed by atoms with van der Waals surface area (Å²) in [5, 5.41) is 8.72. The smallest absolute Gasteiger partial charge is 0.268 e. The van der Waals surface area contributed by atoms with Crippen molar-refractivity contribution >= 4 is 34.5 Å². The van der Waals surface area contributed by atoms with Crippen LogP contribution in [-0.2, 0) is 9.59 Å². The highest BCUT2D eigenvalue weighted by atomic mass is 32.1. The molecule has 0 atom stereocenters. The number of hydrogen-bond acceptors (Lipinski definition) is 5. The minimum absolute atomic E-state index is 0.463. The van der Waals surface area contributed by atoms with E-state index in [0.29, 0.717) is 5.01 Å². The van der Waals surface area contributed by atoms with Crippen LogP contribution < -0.4 is 5.84 Å². The number of carbonyl (C=O) groups excluding carboxylic acids is 2. The Morgan fingerprint density at radius 2 is 1.11 bits per heavy atom. The zero-order valence-corrected chi connectivity index (χ0v) is 11.1. The van der Waals surface area contributed by atoms with Gasteiger partial charge < -0.3 is 0 Å². The summed E-state index contributed by atoms with van der Waals surface area (Å²) in [5.74, 6) is 3.97. The molecule has 3 heterocycles. The molecule has 0 bridgehead atoms. The van der Waals surface area contributed by atoms with Crippen molar-refractivity contribution in [3.8, 4) is 0 Å². The molecule has 0 radical (unpaired) electrons. The lowest BCUT2D eigenvalue weighted by Crippen LogP contribution is -2.36. The molecule has 4 nitrogen and oxygen atoms in total. The molecule has 3 rings (SSSR count). The molecule has 6 heteroatoms. The minimum atomic E-state index is -0.463. The minimum Gasteiger partial charge on any atom is -0.268 e. The molecule has 2 aromatic rings. The Morgan fingerprint density at radius 3 is 1.22 bits per heavy atom. The standard InChI is InChI=1S/C4H4N2O2.2C4H4S/c5-6-3(7)1-2-4(6)8;2*1-2-4-5-3-1/h1-2H,5H2;2*1-4H. The first-order valence-corrected chi connectivity index (χ1v) is 6.85. The van der Waals surface area contributed by atoms with Gasteiger partial charge >= 0.3 is 0 Å². The molecule has 0 aromatic carbocycles. The van der Waals surface area contributed by atoms with E-state index in [1.54, 1.807) is 22.7 Å². The van der Waals surface area contributed by atoms with Gasteiger partial charge in [0.1, 0.15) is 0 Å². The number of carbonyl (C=O) groups is 2. The van der Waals surface area contributed by atoms with Gasteiger partial charge in [-0.3, -0.25) is 9.59 Å². The third kappa shape index (κ3) is 5.53. The van der Waals surface area contributed by atoms with Crippen LogP contribution >= 0.6 is 22.7 Å². The van der Waals surface area contributed by atoms with Crippen LogP contribution in [0, 0.1) is 0 Å². The lowest BCUT2D eigenvalue weighted by molar-refractivity contribution is -0.137. The number of amides is 2. The quantitative estimate of drug-likeness (QED) is 0.457. The van der Waals surface area contributed by atoms with Gasteiger partial charge in [0.05, 0.1) is 0 Å². The summed E-state index contributed by atoms with van der Waals surface area (Å²) in [6.45, 7) is 0. The van der Waals surface area contributed by atoms with Gasteiger partial charge in [-0.25, -0.2) is 10.9 Å². The Kier molecular flexibility index (Phi) is 6.63. The maximum Gasteiger partial charge on any atom is 0.268 e. The Hall–Kier alpha value is -1.76. The zero-order valence-electron chi connectivity index (χ0n) is 9.43. The van der Waals surface area contributed by atoms with E-state index in [1.165, 1.54) is 0 Å². The second-order valence-electron chi connectivity index (χ2n) is 2.97. The largest absolute Gasteiger partial charge is 0.268 e. The highest BCUT2D eigenvalue weighted by molar-refractivity contribution is 7.08. The average Bonchev–Trinajstić information content (AvgIpc) is 3.12. The van der Waals surface area contributed by atoms with E-state index in [1.807, 2.05) is 45.8 Å². The van der Waals surface area contributed by atoms with E-state index < -0.39 is 11.8 Å². The Labute approximate surface area is 113 Å². The van der Waals surface area contributed by atoms with E-state index in [-0.39, 0.29) is 0 Å². The van der Waals surface area contributed by atoms with Crippen molar-refractivity contribution in [1.82, 2.24) is 5.01 Å². The molecule has 2 amide bonds. The predicted molar refractivity (Wildman–Crippen MR) is 73.8 cm³/mol. The van der Waals surface area contributed by atoms with Crippen LogP contribution in [0.2, 0.25) is 0 Å². The van der Waals surface area contributed by atoms with Crippen LogP contribution in [0.4, 0.5) is 0 Å². The Balaban J connectivity index is 0.000000141. The number of hydrazine groups is 1. The topological polar surface area (TPSA) is 63.4 Å². The number of rotatable bonds is 0. The lowest BCUT2D eigenvalue weighted by Gasteiger charge is -2.01. The number of thiophene rings is 2. The van der Waals surface area contributed by atoms with E-state index in [4.69, 9.17) is 5.84 Å². The molecule has 0 fully saturated rings. The van der Waals surface area contributed by atoms with Crippen molar-refractivity contribution in [3.05, 3.63) is 57.9 Å². The fourth-order valence-corrected chi connectivity index (χ4v) is 1.77. The van der Waals surface area contributed by atoms with E-state index >= 15 is 0 Å². The first-order valence-electron chi connectivity index (χ1n) is 4.97. The van der Waals surface area contributed by atoms with Crippen molar-refractivity contribution in [3.63, 3.8) is 0 Å². The maximum atomic E-state index is 10.3. The summed E-state index contributed by atoms with van der Waals surface area (Å²) in [6.07, 6.45) is 2.25. The molecule has 18 heavy (non-hydrogen) atoms. The molecule has 0 saturated heterocycles. The molecule has 0 spiro atoms. The van der Waals surface area contributed by atoms with Crippen LogP contribution in [0.1, 0.15) is 0 Å². The molecule has 2 N–H and O–H groups in total. The number of imide groups is 1. The second kappa shape index (κ2) is 8.35. The third-order valence-corrected chi connectivity index (χ3v) is 2.95. The second-order valence-corrected chi connectivity index (χ2v) is 4.60. The number of hydrogen-bond donors (Lipinski definition) is 1. The molecule has 0 aliphatic carbocycles. The molecule has 94 valence electrons. The van der Waals surface area contributed by atoms with Crippen molar-refractivity contribution in [2.45, 2.75) is 0 Å². The summed E-state index contributed by atoms with van der Waals surface area (Å²) in [7, 11) is 0. The average molecular weight is 280 g/mol. The van der Waals surface area contributed by atoms with Gasteiger partial charge in [0.25, 0.3) is 11.8 Å². The summed E-state index contributed by atoms with van der Waals surface area (Å²) in [5.41, 5.74) is 0. The first kappa shape index (κ1) is 14.3. The fourth-order valence-electron chi connectivity index (χ4n) is 0.865. The fraction of sp³-hybridized carbons (Fsp3) is 0. The van der Waals surface area contributed by atoms with Crippen molar-refractivity contribution in [1.29, 1.82) is 0 Å². The molecule has 2 aromatic heterocycles. The SMILES string of the molecule is NN1C(=O)C=CC1=O.c1ccsc1.c1ccsc1. The van der Waals surface area contributed by atoms with Gasteiger partial charge in [0.2, 0.25) is 0 Å². The van der Waals surface area contributed by atoms with Gasteiger partial charge in [-0.2, -0.15) is 22.7 Å². The monoisotopic (exact) mass is 280 g/mol. The normalized spacial score (nSPS) is 12.6. The maximum absolute atomic E-state index is 10.3. The van der Waals surface area contributed by atoms with Gasteiger partial charge in [0, 0.05) is 12.2 Å². The Morgan fingerprint density at radius 1 is 0.778 bits per heavy atom. The van der Waals surface area contributed by atoms with Crippen LogP contribution in [0.3, 0.4) is 0 Å². The van der Waals surface area contributed by atoms with Gasteiger partial charge in [-0.05, 0) is 21.5 Å². The van der Waals surface area contributed by atoms with Crippen LogP contribution in [0.5, 0.6) is 0 Å². The molecule has 0 unspecified atom stereocenters. The number of nitrogens with two attached hydrogens (primary N) is 1. The lowest BCUT2D eigenvalue weighted by atomic mass is 10.6. The Bertz CT molecular complexity index is 399. The van der Waals surface area contributed by atoms with Gasteiger partial charge in [-0.1, -0.05) is 24.3 Å². The highest BCUT2D eigenvalue weighted by Crippen LogP contribution is 1.94. The highest BCUT2D eigenvalue weighted by Gasteiger charge is 2.18. The van der Waals surface area contributed by atoms with E-state index in [9.17, 15) is 9.59 Å². The van der Waals surface area contributed by atoms with E-state index in [0.717, 1.165) is 12.2 Å². The summed E-state index contributed by atoms with van der Waals surface area (Å²) >= 11 is 3.43. The van der Waals surface area contributed by atoms with Crippen molar-refractivity contribution < 1.29 is 9.59 Å². The molecular formula is C12H12N2O2S2. The summed E-state index contributed by atoms with van der Waals surface area (Å²) in [6, 6.07) is 8.07. The zero-order chi connectivity index (χ0) is 13.2. The summed E-state index contributed by atoms with van der Waals surface area (Å²) in [4.78, 5) is 20.6. The van der Waals surface area contributed by atoms with Gasteiger partial charge in [-0.15, -0.1) is 0 Å². The first-order chi connectivity index (χ1) is 8.72. The summed E-state index contributed by atoms with van der Waals surface area (Å²) < 4.78 is 0. The molecule has 1 aliphatic heterocycles. The predicted octanol–water partition coefficient (Wildman–Crippen LogP) is 2.28. The number of nitrogens with zero attached hydrogens (tertiary/aromatic N) is 1. The third-order valence-electron chi connectivity index (χ3n) is 1.69. The van der Waals surface area contributed by atoms with E-state index in [2.05, 4.69) is 0 Å². The van der Waals surface area contributed by atoms with Crippen molar-refractivity contribution in [2.24, 2.45) is 5.84 Å². The van der Waals surface area contributed by atoms with Crippen molar-refractivity contribution in [2.75, 3.05) is 0 Å².